The molecule has 0 radical (unpaired) electrons. The third-order valence-corrected chi connectivity index (χ3v) is 1.81. The van der Waals surface area contributed by atoms with Crippen LogP contribution in [0.1, 0.15) is 6.42 Å². The molecule has 0 N–H and O–H groups in total. The van der Waals surface area contributed by atoms with E-state index in [1.54, 1.807) is 0 Å². The summed E-state index contributed by atoms with van der Waals surface area (Å²) in [5.74, 6) is 0. The topological polar surface area (TPSA) is 12.5 Å². The zero-order valence-electron chi connectivity index (χ0n) is 6.42. The second-order valence-corrected chi connectivity index (χ2v) is 2.65. The third kappa shape index (κ3) is 2.77. The minimum Gasteiger partial charge on any atom is -0.445 e. The van der Waals surface area contributed by atoms with Crippen molar-refractivity contribution in [3.8, 4) is 12.5 Å². The van der Waals surface area contributed by atoms with E-state index in [1.165, 1.54) is 0 Å². The van der Waals surface area contributed by atoms with Gasteiger partial charge in [-0.1, -0.05) is 6.42 Å². The lowest BCUT2D eigenvalue weighted by molar-refractivity contribution is 0.205. The van der Waals surface area contributed by atoms with Gasteiger partial charge in [0.05, 0.1) is 0 Å². The lowest BCUT2D eigenvalue weighted by Gasteiger charge is -2.12. The number of hydrogen-bond acceptors (Lipinski definition) is 2. The molecule has 0 aromatic rings. The highest BCUT2D eigenvalue weighted by Gasteiger charge is 2.20. The van der Waals surface area contributed by atoms with Gasteiger partial charge in [-0.3, -0.25) is 4.90 Å². The van der Waals surface area contributed by atoms with Gasteiger partial charge in [0.15, 0.2) is 0 Å². The predicted molar refractivity (Wildman–Crippen MR) is 40.7 cm³/mol. The molecule has 0 spiro atoms. The maximum atomic E-state index is 12.6. The van der Waals surface area contributed by atoms with Crippen LogP contribution in [0.25, 0.3) is 0 Å². The van der Waals surface area contributed by atoms with Gasteiger partial charge in [0, 0.05) is 19.6 Å². The molecule has 0 aromatic carbocycles. The molecule has 11 heavy (non-hydrogen) atoms. The van der Waals surface area contributed by atoms with Crippen LogP contribution in [0.2, 0.25) is 0 Å². The molecule has 0 amide bonds. The molecular formula is C8H12FNO. The number of alkyl halides is 1. The predicted octanol–water partition coefficient (Wildman–Crippen LogP) is 0.638. The van der Waals surface area contributed by atoms with E-state index in [9.17, 15) is 4.39 Å². The monoisotopic (exact) mass is 157 g/mol. The Morgan fingerprint density at radius 1 is 1.73 bits per heavy atom. The lowest BCUT2D eigenvalue weighted by atomic mass is 10.3. The summed E-state index contributed by atoms with van der Waals surface area (Å²) in [6.07, 6.45) is 6.96. The molecule has 1 heterocycles. The van der Waals surface area contributed by atoms with Crippen LogP contribution in [-0.2, 0) is 4.74 Å². The minimum atomic E-state index is -0.652. The summed E-state index contributed by atoms with van der Waals surface area (Å²) < 4.78 is 17.3. The van der Waals surface area contributed by atoms with E-state index >= 15 is 0 Å². The van der Waals surface area contributed by atoms with Crippen LogP contribution < -0.4 is 0 Å². The van der Waals surface area contributed by atoms with Crippen molar-refractivity contribution in [2.45, 2.75) is 12.6 Å². The Labute approximate surface area is 66.3 Å². The van der Waals surface area contributed by atoms with Crippen molar-refractivity contribution in [3.05, 3.63) is 0 Å². The van der Waals surface area contributed by atoms with Gasteiger partial charge in [0.2, 0.25) is 0 Å². The number of ether oxygens (including phenoxy) is 1. The van der Waals surface area contributed by atoms with Crippen molar-refractivity contribution >= 4 is 0 Å². The summed E-state index contributed by atoms with van der Waals surface area (Å²) in [4.78, 5) is 2.02. The van der Waals surface area contributed by atoms with Gasteiger partial charge in [-0.25, -0.2) is 4.39 Å². The van der Waals surface area contributed by atoms with Crippen LogP contribution in [0, 0.1) is 12.5 Å². The van der Waals surface area contributed by atoms with Crippen molar-refractivity contribution in [2.75, 3.05) is 26.2 Å². The van der Waals surface area contributed by atoms with E-state index in [0.29, 0.717) is 19.6 Å². The zero-order valence-corrected chi connectivity index (χ0v) is 6.42. The largest absolute Gasteiger partial charge is 0.445 e. The van der Waals surface area contributed by atoms with Crippen molar-refractivity contribution in [1.82, 2.24) is 4.90 Å². The highest BCUT2D eigenvalue weighted by molar-refractivity contribution is 4.75. The average Bonchev–Trinajstić information content (AvgIpc) is 2.37. The third-order valence-electron chi connectivity index (χ3n) is 1.81. The molecule has 2 nitrogen and oxygen atoms in total. The first-order valence-electron chi connectivity index (χ1n) is 3.76. The summed E-state index contributed by atoms with van der Waals surface area (Å²) in [5.41, 5.74) is 0. The Balaban J connectivity index is 2.05. The molecule has 0 saturated carbocycles. The van der Waals surface area contributed by atoms with Crippen molar-refractivity contribution < 1.29 is 9.13 Å². The van der Waals surface area contributed by atoms with Crippen molar-refractivity contribution in [1.29, 1.82) is 0 Å². The molecule has 3 heteroatoms. The van der Waals surface area contributed by atoms with Gasteiger partial charge in [0.25, 0.3) is 0 Å². The highest BCUT2D eigenvalue weighted by atomic mass is 19.1. The number of halogens is 1. The summed E-state index contributed by atoms with van der Waals surface area (Å²) in [5, 5.41) is 0. The number of hydrogen-bond donors (Lipinski definition) is 0. The average molecular weight is 157 g/mol. The van der Waals surface area contributed by atoms with E-state index in [4.69, 9.17) is 11.2 Å². The Morgan fingerprint density at radius 2 is 2.55 bits per heavy atom. The molecule has 0 aliphatic carbocycles. The van der Waals surface area contributed by atoms with Crippen LogP contribution in [0.15, 0.2) is 0 Å². The second kappa shape index (κ2) is 4.20. The highest BCUT2D eigenvalue weighted by Crippen LogP contribution is 2.10. The molecule has 1 fully saturated rings. The molecule has 1 saturated heterocycles. The number of rotatable bonds is 3. The first-order valence-corrected chi connectivity index (χ1v) is 3.76. The van der Waals surface area contributed by atoms with Crippen molar-refractivity contribution in [2.24, 2.45) is 0 Å². The fourth-order valence-electron chi connectivity index (χ4n) is 1.22. The molecule has 62 valence electrons. The van der Waals surface area contributed by atoms with Crippen LogP contribution in [0.5, 0.6) is 0 Å². The lowest BCUT2D eigenvalue weighted by Crippen LogP contribution is -2.24. The zero-order chi connectivity index (χ0) is 8.10. The van der Waals surface area contributed by atoms with E-state index in [1.807, 2.05) is 4.90 Å². The van der Waals surface area contributed by atoms with Crippen LogP contribution >= 0.6 is 0 Å². The first kappa shape index (κ1) is 8.35. The molecule has 0 bridgehead atoms. The Bertz CT molecular complexity index is 155. The quantitative estimate of drug-likeness (QED) is 0.440. The minimum absolute atomic E-state index is 0.503. The van der Waals surface area contributed by atoms with E-state index < -0.39 is 6.17 Å². The number of terminal acetylenes is 1. The Kier molecular flexibility index (Phi) is 3.18. The van der Waals surface area contributed by atoms with Gasteiger partial charge < -0.3 is 4.74 Å². The summed E-state index contributed by atoms with van der Waals surface area (Å²) >= 11 is 0. The Hall–Kier alpha value is -0.750. The maximum Gasteiger partial charge on any atom is 0.114 e. The van der Waals surface area contributed by atoms with Gasteiger partial charge in [-0.15, -0.1) is 0 Å². The molecule has 1 aliphatic rings. The van der Waals surface area contributed by atoms with Crippen LogP contribution in [-0.4, -0.2) is 37.3 Å². The Morgan fingerprint density at radius 3 is 3.09 bits per heavy atom. The van der Waals surface area contributed by atoms with E-state index in [0.717, 1.165) is 13.1 Å². The standard InChI is InChI=1S/C8H12FNO/c1-2-11-6-5-10-4-3-8(9)7-10/h1,8H,3-7H2. The van der Waals surface area contributed by atoms with Crippen LogP contribution in [0.4, 0.5) is 4.39 Å². The van der Waals surface area contributed by atoms with Gasteiger partial charge in [-0.2, -0.15) is 0 Å². The van der Waals surface area contributed by atoms with E-state index in [-0.39, 0.29) is 0 Å². The molecule has 1 aliphatic heterocycles. The summed E-state index contributed by atoms with van der Waals surface area (Å²) in [6.45, 7) is 2.61. The van der Waals surface area contributed by atoms with Gasteiger partial charge in [0.1, 0.15) is 18.9 Å². The smallest absolute Gasteiger partial charge is 0.114 e. The fraction of sp³-hybridized carbons (Fsp3) is 0.750. The van der Waals surface area contributed by atoms with Gasteiger partial charge in [-0.05, 0) is 6.42 Å². The molecule has 1 atom stereocenters. The molecule has 1 unspecified atom stereocenters. The normalized spacial score (nSPS) is 24.9. The van der Waals surface area contributed by atoms with Crippen LogP contribution in [0.3, 0.4) is 0 Å². The maximum absolute atomic E-state index is 12.6. The molecular weight excluding hydrogens is 145 g/mol. The van der Waals surface area contributed by atoms with E-state index in [2.05, 4.69) is 6.11 Å². The number of likely N-dealkylation sites (tertiary alicyclic amines) is 1. The SMILES string of the molecule is C#COCCN1CCC(F)C1. The fourth-order valence-corrected chi connectivity index (χ4v) is 1.22. The number of nitrogens with zero attached hydrogens (tertiary/aromatic N) is 1. The van der Waals surface area contributed by atoms with Gasteiger partial charge >= 0.3 is 0 Å². The first-order chi connectivity index (χ1) is 5.33. The summed E-state index contributed by atoms with van der Waals surface area (Å²) in [6, 6.07) is 0. The molecule has 0 aromatic heterocycles. The second-order valence-electron chi connectivity index (χ2n) is 2.65. The van der Waals surface area contributed by atoms with Crippen molar-refractivity contribution in [3.63, 3.8) is 0 Å². The summed E-state index contributed by atoms with van der Waals surface area (Å²) in [7, 11) is 0. The molecule has 1 rings (SSSR count).